The fraction of sp³-hybridized carbons (Fsp3) is 0.538. The molecule has 1 aliphatic rings. The minimum absolute atomic E-state index is 0.0177. The molecular formula is C13H18ClN3O. The molecule has 98 valence electrons. The molecule has 1 aromatic rings. The smallest absolute Gasteiger partial charge is 0.257 e. The van der Waals surface area contributed by atoms with Crippen LogP contribution in [0.5, 0.6) is 0 Å². The molecule has 0 radical (unpaired) electrons. The van der Waals surface area contributed by atoms with E-state index in [0.29, 0.717) is 10.6 Å². The molecule has 4 nitrogen and oxygen atoms in total. The van der Waals surface area contributed by atoms with Crippen LogP contribution in [-0.4, -0.2) is 53.4 Å². The SMILES string of the molecule is CC1CN(C)CCCN1C(=O)c1cnccc1Cl. The Labute approximate surface area is 113 Å². The molecule has 1 aromatic heterocycles. The Morgan fingerprint density at radius 2 is 2.28 bits per heavy atom. The summed E-state index contributed by atoms with van der Waals surface area (Å²) in [5.41, 5.74) is 0.496. The molecule has 0 aliphatic carbocycles. The van der Waals surface area contributed by atoms with Crippen LogP contribution in [0.2, 0.25) is 5.02 Å². The highest BCUT2D eigenvalue weighted by Gasteiger charge is 2.26. The van der Waals surface area contributed by atoms with E-state index in [0.717, 1.165) is 26.1 Å². The average molecular weight is 268 g/mol. The summed E-state index contributed by atoms with van der Waals surface area (Å²) in [6, 6.07) is 1.85. The third kappa shape index (κ3) is 2.82. The van der Waals surface area contributed by atoms with Crippen molar-refractivity contribution in [3.8, 4) is 0 Å². The van der Waals surface area contributed by atoms with Crippen LogP contribution in [0.4, 0.5) is 0 Å². The molecule has 1 fully saturated rings. The van der Waals surface area contributed by atoms with Gasteiger partial charge in [0, 0.05) is 31.5 Å². The van der Waals surface area contributed by atoms with Gasteiger partial charge in [0.25, 0.3) is 5.91 Å². The highest BCUT2D eigenvalue weighted by molar-refractivity contribution is 6.33. The van der Waals surface area contributed by atoms with E-state index in [9.17, 15) is 4.79 Å². The van der Waals surface area contributed by atoms with Gasteiger partial charge in [-0.3, -0.25) is 9.78 Å². The van der Waals surface area contributed by atoms with Gasteiger partial charge in [0.05, 0.1) is 10.6 Å². The van der Waals surface area contributed by atoms with Gasteiger partial charge in [-0.15, -0.1) is 0 Å². The maximum atomic E-state index is 12.5. The van der Waals surface area contributed by atoms with Gasteiger partial charge < -0.3 is 9.80 Å². The first-order valence-electron chi connectivity index (χ1n) is 6.18. The second kappa shape index (κ2) is 5.67. The van der Waals surface area contributed by atoms with Crippen LogP contribution in [0.15, 0.2) is 18.5 Å². The quantitative estimate of drug-likeness (QED) is 0.780. The van der Waals surface area contributed by atoms with Crippen molar-refractivity contribution in [2.45, 2.75) is 19.4 Å². The number of hydrogen-bond donors (Lipinski definition) is 0. The number of rotatable bonds is 1. The molecule has 1 unspecified atom stereocenters. The first kappa shape index (κ1) is 13.3. The van der Waals surface area contributed by atoms with Gasteiger partial charge in [-0.05, 0) is 33.0 Å². The lowest BCUT2D eigenvalue weighted by Crippen LogP contribution is -2.42. The highest BCUT2D eigenvalue weighted by atomic mass is 35.5. The Balaban J connectivity index is 2.20. The van der Waals surface area contributed by atoms with E-state index in [1.54, 1.807) is 18.5 Å². The second-order valence-electron chi connectivity index (χ2n) is 4.82. The van der Waals surface area contributed by atoms with Gasteiger partial charge in [0.1, 0.15) is 0 Å². The van der Waals surface area contributed by atoms with Crippen molar-refractivity contribution in [2.24, 2.45) is 0 Å². The first-order valence-corrected chi connectivity index (χ1v) is 6.56. The standard InChI is InChI=1S/C13H18ClN3O/c1-10-9-16(2)6-3-7-17(10)13(18)11-8-15-5-4-12(11)14/h4-5,8,10H,3,6-7,9H2,1-2H3. The maximum absolute atomic E-state index is 12.5. The van der Waals surface area contributed by atoms with E-state index < -0.39 is 0 Å². The molecule has 0 saturated carbocycles. The predicted octanol–water partition coefficient (Wildman–Crippen LogP) is 1.90. The number of pyridine rings is 1. The summed E-state index contributed by atoms with van der Waals surface area (Å²) < 4.78 is 0. The van der Waals surface area contributed by atoms with Crippen molar-refractivity contribution >= 4 is 17.5 Å². The molecule has 1 amide bonds. The lowest BCUT2D eigenvalue weighted by molar-refractivity contribution is 0.0696. The predicted molar refractivity (Wildman–Crippen MR) is 71.9 cm³/mol. The van der Waals surface area contributed by atoms with E-state index in [4.69, 9.17) is 11.6 Å². The molecule has 18 heavy (non-hydrogen) atoms. The van der Waals surface area contributed by atoms with Gasteiger partial charge in [0.2, 0.25) is 0 Å². The molecule has 0 spiro atoms. The molecule has 2 rings (SSSR count). The third-order valence-electron chi connectivity index (χ3n) is 3.31. The molecule has 0 N–H and O–H groups in total. The number of carbonyl (C=O) groups excluding carboxylic acids is 1. The van der Waals surface area contributed by atoms with Gasteiger partial charge in [-0.2, -0.15) is 0 Å². The largest absolute Gasteiger partial charge is 0.335 e. The third-order valence-corrected chi connectivity index (χ3v) is 3.64. The molecule has 1 atom stereocenters. The second-order valence-corrected chi connectivity index (χ2v) is 5.23. The van der Waals surface area contributed by atoms with Crippen LogP contribution >= 0.6 is 11.6 Å². The molecule has 0 bridgehead atoms. The van der Waals surface area contributed by atoms with Crippen LogP contribution in [0.25, 0.3) is 0 Å². The zero-order valence-electron chi connectivity index (χ0n) is 10.8. The minimum Gasteiger partial charge on any atom is -0.335 e. The van der Waals surface area contributed by atoms with Crippen LogP contribution < -0.4 is 0 Å². The average Bonchev–Trinajstić information content (AvgIpc) is 2.50. The van der Waals surface area contributed by atoms with Gasteiger partial charge in [-0.1, -0.05) is 11.6 Å². The summed E-state index contributed by atoms with van der Waals surface area (Å²) in [6.07, 6.45) is 4.13. The molecule has 2 heterocycles. The summed E-state index contributed by atoms with van der Waals surface area (Å²) in [5.74, 6) is -0.0177. The Kier molecular flexibility index (Phi) is 4.19. The Morgan fingerprint density at radius 3 is 3.00 bits per heavy atom. The van der Waals surface area contributed by atoms with Crippen LogP contribution in [0.1, 0.15) is 23.7 Å². The molecule has 1 saturated heterocycles. The molecular weight excluding hydrogens is 250 g/mol. The number of halogens is 1. The topological polar surface area (TPSA) is 36.4 Å². The van der Waals surface area contributed by atoms with Crippen molar-refractivity contribution < 1.29 is 4.79 Å². The summed E-state index contributed by atoms with van der Waals surface area (Å²) in [7, 11) is 2.08. The normalized spacial score (nSPS) is 21.7. The van der Waals surface area contributed by atoms with E-state index in [1.807, 2.05) is 4.90 Å². The van der Waals surface area contributed by atoms with E-state index >= 15 is 0 Å². The van der Waals surface area contributed by atoms with Crippen molar-refractivity contribution in [3.63, 3.8) is 0 Å². The fourth-order valence-electron chi connectivity index (χ4n) is 2.36. The molecule has 1 aliphatic heterocycles. The zero-order valence-corrected chi connectivity index (χ0v) is 11.5. The summed E-state index contributed by atoms with van der Waals surface area (Å²) >= 11 is 6.06. The minimum atomic E-state index is -0.0177. The summed E-state index contributed by atoms with van der Waals surface area (Å²) in [4.78, 5) is 20.6. The number of likely N-dealkylation sites (N-methyl/N-ethyl adjacent to an activating group) is 1. The Hall–Kier alpha value is -1.13. The van der Waals surface area contributed by atoms with E-state index in [-0.39, 0.29) is 11.9 Å². The number of amides is 1. The Bertz CT molecular complexity index is 438. The number of nitrogens with zero attached hydrogens (tertiary/aromatic N) is 3. The van der Waals surface area contributed by atoms with E-state index in [2.05, 4.69) is 23.9 Å². The Morgan fingerprint density at radius 1 is 1.50 bits per heavy atom. The molecule has 5 heteroatoms. The molecule has 0 aromatic carbocycles. The number of aromatic nitrogens is 1. The van der Waals surface area contributed by atoms with Crippen molar-refractivity contribution in [1.82, 2.24) is 14.8 Å². The van der Waals surface area contributed by atoms with Crippen molar-refractivity contribution in [3.05, 3.63) is 29.0 Å². The summed E-state index contributed by atoms with van der Waals surface area (Å²) in [5, 5.41) is 0.472. The van der Waals surface area contributed by atoms with E-state index in [1.165, 1.54) is 0 Å². The van der Waals surface area contributed by atoms with Gasteiger partial charge in [-0.25, -0.2) is 0 Å². The van der Waals surface area contributed by atoms with Crippen molar-refractivity contribution in [1.29, 1.82) is 0 Å². The maximum Gasteiger partial charge on any atom is 0.257 e. The zero-order chi connectivity index (χ0) is 13.1. The van der Waals surface area contributed by atoms with Crippen LogP contribution in [0.3, 0.4) is 0 Å². The lowest BCUT2D eigenvalue weighted by atomic mass is 10.2. The fourth-order valence-corrected chi connectivity index (χ4v) is 2.55. The van der Waals surface area contributed by atoms with Crippen LogP contribution in [-0.2, 0) is 0 Å². The van der Waals surface area contributed by atoms with Gasteiger partial charge >= 0.3 is 0 Å². The first-order chi connectivity index (χ1) is 8.59. The van der Waals surface area contributed by atoms with Crippen molar-refractivity contribution in [2.75, 3.05) is 26.7 Å². The lowest BCUT2D eigenvalue weighted by Gasteiger charge is -2.28. The van der Waals surface area contributed by atoms with Gasteiger partial charge in [0.15, 0.2) is 0 Å². The number of hydrogen-bond acceptors (Lipinski definition) is 3. The van der Waals surface area contributed by atoms with Crippen LogP contribution in [0, 0.1) is 0 Å². The highest BCUT2D eigenvalue weighted by Crippen LogP contribution is 2.19. The number of carbonyl (C=O) groups is 1. The monoisotopic (exact) mass is 267 g/mol. The summed E-state index contributed by atoms with van der Waals surface area (Å²) in [6.45, 7) is 4.76.